The first-order valence-electron chi connectivity index (χ1n) is 6.50. The summed E-state index contributed by atoms with van der Waals surface area (Å²) in [6.45, 7) is 2.75. The Labute approximate surface area is 109 Å². The first kappa shape index (κ1) is 12.9. The lowest BCUT2D eigenvalue weighted by atomic mass is 9.75. The molecule has 0 bridgehead atoms. The summed E-state index contributed by atoms with van der Waals surface area (Å²) < 4.78 is 5.24. The fraction of sp³-hybridized carbons (Fsp3) is 0.533. The van der Waals surface area contributed by atoms with Crippen LogP contribution in [0.3, 0.4) is 0 Å². The molecule has 2 rings (SSSR count). The van der Waals surface area contributed by atoms with Crippen LogP contribution in [0.15, 0.2) is 24.3 Å². The van der Waals surface area contributed by atoms with E-state index in [0.29, 0.717) is 12.0 Å². The van der Waals surface area contributed by atoms with Gasteiger partial charge < -0.3 is 10.1 Å². The van der Waals surface area contributed by atoms with Crippen molar-refractivity contribution in [1.82, 2.24) is 5.32 Å². The van der Waals surface area contributed by atoms with Crippen LogP contribution >= 0.6 is 0 Å². The van der Waals surface area contributed by atoms with Crippen molar-refractivity contribution in [2.24, 2.45) is 5.92 Å². The van der Waals surface area contributed by atoms with E-state index >= 15 is 0 Å². The van der Waals surface area contributed by atoms with E-state index in [0.717, 1.165) is 25.1 Å². The van der Waals surface area contributed by atoms with Crippen molar-refractivity contribution in [3.05, 3.63) is 29.8 Å². The summed E-state index contributed by atoms with van der Waals surface area (Å²) in [6.07, 6.45) is 2.32. The Morgan fingerprint density at radius 3 is 2.94 bits per heavy atom. The molecule has 1 fully saturated rings. The number of hydrogen-bond acceptors (Lipinski definition) is 3. The summed E-state index contributed by atoms with van der Waals surface area (Å²) in [5, 5.41) is 12.2. The van der Waals surface area contributed by atoms with Crippen LogP contribution in [0.4, 0.5) is 0 Å². The molecule has 96 valence electrons. The van der Waals surface area contributed by atoms with Gasteiger partial charge in [-0.05, 0) is 43.4 Å². The summed E-state index contributed by atoms with van der Waals surface area (Å²) in [4.78, 5) is 0. The molecule has 18 heavy (non-hydrogen) atoms. The molecular weight excluding hydrogens is 224 g/mol. The van der Waals surface area contributed by atoms with Crippen LogP contribution in [-0.4, -0.2) is 19.7 Å². The lowest BCUT2D eigenvalue weighted by Gasteiger charge is -2.36. The molecule has 0 amide bonds. The minimum absolute atomic E-state index is 0.0980. The molecule has 1 atom stereocenters. The Hall–Kier alpha value is -1.53. The quantitative estimate of drug-likeness (QED) is 0.866. The Kier molecular flexibility index (Phi) is 4.22. The van der Waals surface area contributed by atoms with Gasteiger partial charge in [0.05, 0.1) is 19.1 Å². The number of benzene rings is 1. The second-order valence-corrected chi connectivity index (χ2v) is 5.08. The standard InChI is InChI=1S/C15H20N2O/c1-11(9-16)10-17-14-6-13(7-14)12-4-3-5-15(8-12)18-2/h3-5,8,11,13-14,17H,6-7,10H2,1-2H3. The van der Waals surface area contributed by atoms with E-state index in [1.807, 2.05) is 19.1 Å². The highest BCUT2D eigenvalue weighted by molar-refractivity contribution is 5.32. The molecule has 1 aliphatic carbocycles. The van der Waals surface area contributed by atoms with E-state index in [9.17, 15) is 0 Å². The summed E-state index contributed by atoms with van der Waals surface area (Å²) >= 11 is 0. The number of methoxy groups -OCH3 is 1. The van der Waals surface area contributed by atoms with Crippen molar-refractivity contribution in [1.29, 1.82) is 5.26 Å². The number of nitriles is 1. The lowest BCUT2D eigenvalue weighted by Crippen LogP contribution is -2.41. The molecule has 1 N–H and O–H groups in total. The monoisotopic (exact) mass is 244 g/mol. The average molecular weight is 244 g/mol. The largest absolute Gasteiger partial charge is 0.497 e. The predicted octanol–water partition coefficient (Wildman–Crippen LogP) is 2.69. The average Bonchev–Trinajstić information content (AvgIpc) is 2.36. The van der Waals surface area contributed by atoms with E-state index in [1.54, 1.807) is 7.11 Å². The van der Waals surface area contributed by atoms with Gasteiger partial charge in [-0.25, -0.2) is 0 Å². The molecule has 1 unspecified atom stereocenters. The van der Waals surface area contributed by atoms with Gasteiger partial charge in [-0.1, -0.05) is 12.1 Å². The zero-order valence-corrected chi connectivity index (χ0v) is 11.0. The molecule has 3 nitrogen and oxygen atoms in total. The molecule has 0 aliphatic heterocycles. The van der Waals surface area contributed by atoms with E-state index in [4.69, 9.17) is 10.00 Å². The fourth-order valence-corrected chi connectivity index (χ4v) is 2.34. The summed E-state index contributed by atoms with van der Waals surface area (Å²) in [7, 11) is 1.70. The molecular formula is C15H20N2O. The molecule has 0 spiro atoms. The number of nitrogens with one attached hydrogen (secondary N) is 1. The molecule has 3 heteroatoms. The first-order chi connectivity index (χ1) is 8.72. The maximum atomic E-state index is 8.72. The van der Waals surface area contributed by atoms with Crippen molar-refractivity contribution in [2.75, 3.05) is 13.7 Å². The third kappa shape index (κ3) is 3.02. The second-order valence-electron chi connectivity index (χ2n) is 5.08. The van der Waals surface area contributed by atoms with Crippen molar-refractivity contribution < 1.29 is 4.74 Å². The minimum atomic E-state index is 0.0980. The fourth-order valence-electron chi connectivity index (χ4n) is 2.34. The Morgan fingerprint density at radius 2 is 2.28 bits per heavy atom. The van der Waals surface area contributed by atoms with E-state index in [-0.39, 0.29) is 5.92 Å². The molecule has 0 saturated heterocycles. The third-order valence-corrected chi connectivity index (χ3v) is 3.64. The Balaban J connectivity index is 1.80. The van der Waals surface area contributed by atoms with Crippen LogP contribution in [0.2, 0.25) is 0 Å². The minimum Gasteiger partial charge on any atom is -0.497 e. The van der Waals surface area contributed by atoms with Gasteiger partial charge in [0.1, 0.15) is 5.75 Å². The van der Waals surface area contributed by atoms with Crippen molar-refractivity contribution >= 4 is 0 Å². The van der Waals surface area contributed by atoms with Gasteiger partial charge in [0, 0.05) is 12.6 Å². The van der Waals surface area contributed by atoms with Crippen LogP contribution in [-0.2, 0) is 0 Å². The summed E-state index contributed by atoms with van der Waals surface area (Å²) in [5.74, 6) is 1.66. The summed E-state index contributed by atoms with van der Waals surface area (Å²) in [6, 6.07) is 11.1. The smallest absolute Gasteiger partial charge is 0.119 e. The molecule has 1 saturated carbocycles. The van der Waals surface area contributed by atoms with Crippen molar-refractivity contribution in [3.63, 3.8) is 0 Å². The lowest BCUT2D eigenvalue weighted by molar-refractivity contribution is 0.285. The number of nitrogens with zero attached hydrogens (tertiary/aromatic N) is 1. The van der Waals surface area contributed by atoms with E-state index < -0.39 is 0 Å². The van der Waals surface area contributed by atoms with Gasteiger partial charge in [0.25, 0.3) is 0 Å². The zero-order chi connectivity index (χ0) is 13.0. The number of ether oxygens (including phenoxy) is 1. The highest BCUT2D eigenvalue weighted by Crippen LogP contribution is 2.37. The SMILES string of the molecule is COc1cccc(C2CC(NCC(C)C#N)C2)c1. The van der Waals surface area contributed by atoms with Crippen LogP contribution < -0.4 is 10.1 Å². The van der Waals surface area contributed by atoms with Gasteiger partial charge in [-0.3, -0.25) is 0 Å². The predicted molar refractivity (Wildman–Crippen MR) is 71.5 cm³/mol. The van der Waals surface area contributed by atoms with Crippen molar-refractivity contribution in [2.45, 2.75) is 31.7 Å². The maximum Gasteiger partial charge on any atom is 0.119 e. The van der Waals surface area contributed by atoms with Gasteiger partial charge in [0.2, 0.25) is 0 Å². The maximum absolute atomic E-state index is 8.72. The normalized spacial score (nSPS) is 23.8. The Bertz CT molecular complexity index is 432. The first-order valence-corrected chi connectivity index (χ1v) is 6.50. The Morgan fingerprint density at radius 1 is 1.50 bits per heavy atom. The van der Waals surface area contributed by atoms with Crippen LogP contribution in [0.5, 0.6) is 5.75 Å². The van der Waals surface area contributed by atoms with Crippen LogP contribution in [0, 0.1) is 17.2 Å². The van der Waals surface area contributed by atoms with Gasteiger partial charge in [0.15, 0.2) is 0 Å². The second kappa shape index (κ2) is 5.88. The molecule has 0 aromatic heterocycles. The highest BCUT2D eigenvalue weighted by atomic mass is 16.5. The van der Waals surface area contributed by atoms with Crippen LogP contribution in [0.25, 0.3) is 0 Å². The van der Waals surface area contributed by atoms with Gasteiger partial charge in [-0.15, -0.1) is 0 Å². The molecule has 1 aromatic carbocycles. The summed E-state index contributed by atoms with van der Waals surface area (Å²) in [5.41, 5.74) is 1.36. The van der Waals surface area contributed by atoms with E-state index in [1.165, 1.54) is 5.56 Å². The van der Waals surface area contributed by atoms with Crippen LogP contribution in [0.1, 0.15) is 31.2 Å². The molecule has 1 aliphatic rings. The van der Waals surface area contributed by atoms with Gasteiger partial charge in [-0.2, -0.15) is 5.26 Å². The third-order valence-electron chi connectivity index (χ3n) is 3.64. The van der Waals surface area contributed by atoms with E-state index in [2.05, 4.69) is 23.5 Å². The highest BCUT2D eigenvalue weighted by Gasteiger charge is 2.30. The van der Waals surface area contributed by atoms with Gasteiger partial charge >= 0.3 is 0 Å². The topological polar surface area (TPSA) is 45.0 Å². The molecule has 0 heterocycles. The van der Waals surface area contributed by atoms with Crippen molar-refractivity contribution in [3.8, 4) is 11.8 Å². The molecule has 0 radical (unpaired) electrons. The zero-order valence-electron chi connectivity index (χ0n) is 11.0. The molecule has 1 aromatic rings. The number of rotatable bonds is 5. The number of hydrogen-bond donors (Lipinski definition) is 1.